The molecule has 2 heteroatoms. The lowest BCUT2D eigenvalue weighted by molar-refractivity contribution is 1.07. The fraction of sp³-hybridized carbons (Fsp3) is 0.100. The van der Waals surface area contributed by atoms with Crippen LogP contribution in [-0.2, 0) is 0 Å². The third kappa shape index (κ3) is 1.96. The monoisotopic (exact) mass is 284 g/mol. The topological polar surface area (TPSA) is 25.8 Å². The summed E-state index contributed by atoms with van der Waals surface area (Å²) in [4.78, 5) is 9.29. The third-order valence-corrected chi connectivity index (χ3v) is 4.08. The van der Waals surface area contributed by atoms with E-state index in [1.54, 1.807) is 0 Å². The van der Waals surface area contributed by atoms with Gasteiger partial charge in [0.15, 0.2) is 0 Å². The quantitative estimate of drug-likeness (QED) is 0.456. The highest BCUT2D eigenvalue weighted by molar-refractivity contribution is 6.12. The molecule has 0 saturated carbocycles. The molecule has 0 radical (unpaired) electrons. The number of hydrogen-bond acceptors (Lipinski definition) is 2. The second-order valence-corrected chi connectivity index (χ2v) is 5.64. The van der Waals surface area contributed by atoms with Crippen molar-refractivity contribution in [1.29, 1.82) is 0 Å². The van der Waals surface area contributed by atoms with Gasteiger partial charge < -0.3 is 0 Å². The summed E-state index contributed by atoms with van der Waals surface area (Å²) >= 11 is 0. The maximum Gasteiger partial charge on any atom is 0.0930 e. The van der Waals surface area contributed by atoms with Crippen LogP contribution in [0.3, 0.4) is 0 Å². The fourth-order valence-corrected chi connectivity index (χ4v) is 3.04. The molecule has 0 atom stereocenters. The molecule has 1 aromatic heterocycles. The fourth-order valence-electron chi connectivity index (χ4n) is 3.04. The molecule has 0 bridgehead atoms. The van der Waals surface area contributed by atoms with Crippen molar-refractivity contribution in [3.8, 4) is 11.3 Å². The van der Waals surface area contributed by atoms with Gasteiger partial charge in [0.05, 0.1) is 17.1 Å². The number of hydrogen-bond donors (Lipinski definition) is 0. The first kappa shape index (κ1) is 13.0. The minimum absolute atomic E-state index is 0.942. The number of aromatic nitrogens is 2. The van der Waals surface area contributed by atoms with Crippen LogP contribution in [0.1, 0.15) is 11.4 Å². The van der Waals surface area contributed by atoms with Crippen molar-refractivity contribution in [2.75, 3.05) is 0 Å². The third-order valence-electron chi connectivity index (χ3n) is 4.08. The highest BCUT2D eigenvalue weighted by atomic mass is 14.8. The van der Waals surface area contributed by atoms with Gasteiger partial charge in [0.1, 0.15) is 0 Å². The molecule has 0 fully saturated rings. The summed E-state index contributed by atoms with van der Waals surface area (Å²) in [7, 11) is 0. The smallest absolute Gasteiger partial charge is 0.0930 e. The maximum absolute atomic E-state index is 4.78. The van der Waals surface area contributed by atoms with E-state index < -0.39 is 0 Å². The van der Waals surface area contributed by atoms with E-state index in [1.807, 2.05) is 20.0 Å². The summed E-state index contributed by atoms with van der Waals surface area (Å²) in [6, 6.07) is 19.2. The summed E-state index contributed by atoms with van der Waals surface area (Å²) in [5.74, 6) is 0. The molecule has 0 aliphatic carbocycles. The number of fused-ring (bicyclic) bond motifs is 2. The second kappa shape index (κ2) is 4.92. The van der Waals surface area contributed by atoms with Crippen LogP contribution in [-0.4, -0.2) is 9.97 Å². The lowest BCUT2D eigenvalue weighted by atomic mass is 9.94. The van der Waals surface area contributed by atoms with Crippen molar-refractivity contribution in [3.63, 3.8) is 0 Å². The zero-order valence-corrected chi connectivity index (χ0v) is 12.7. The van der Waals surface area contributed by atoms with E-state index >= 15 is 0 Å². The van der Waals surface area contributed by atoms with E-state index in [4.69, 9.17) is 4.98 Å². The lowest BCUT2D eigenvalue weighted by Crippen LogP contribution is -1.96. The van der Waals surface area contributed by atoms with Gasteiger partial charge in [-0.3, -0.25) is 4.98 Å². The van der Waals surface area contributed by atoms with Crippen molar-refractivity contribution in [2.45, 2.75) is 13.8 Å². The molecule has 0 aliphatic heterocycles. The normalized spacial score (nSPS) is 11.2. The molecule has 2 nitrogen and oxygen atoms in total. The zero-order chi connectivity index (χ0) is 15.1. The van der Waals surface area contributed by atoms with Crippen molar-refractivity contribution < 1.29 is 0 Å². The zero-order valence-electron chi connectivity index (χ0n) is 12.7. The lowest BCUT2D eigenvalue weighted by Gasteiger charge is -2.13. The van der Waals surface area contributed by atoms with Crippen LogP contribution in [0.2, 0.25) is 0 Å². The summed E-state index contributed by atoms with van der Waals surface area (Å²) in [5, 5.41) is 4.92. The Morgan fingerprint density at radius 3 is 2.00 bits per heavy atom. The molecule has 0 amide bonds. The van der Waals surface area contributed by atoms with Crippen molar-refractivity contribution in [3.05, 3.63) is 72.2 Å². The Labute approximate surface area is 129 Å². The molecular formula is C20H16N2. The van der Waals surface area contributed by atoms with Gasteiger partial charge in [-0.15, -0.1) is 0 Å². The summed E-state index contributed by atoms with van der Waals surface area (Å²) in [6.07, 6.45) is 1.83. The summed E-state index contributed by atoms with van der Waals surface area (Å²) in [5.41, 5.74) is 4.07. The van der Waals surface area contributed by atoms with Crippen LogP contribution in [0.25, 0.3) is 32.8 Å². The van der Waals surface area contributed by atoms with E-state index in [0.717, 1.165) is 17.1 Å². The maximum atomic E-state index is 4.78. The minimum atomic E-state index is 0.942. The van der Waals surface area contributed by atoms with Crippen LogP contribution in [0.15, 0.2) is 60.8 Å². The van der Waals surface area contributed by atoms with Gasteiger partial charge in [-0.1, -0.05) is 48.5 Å². The second-order valence-electron chi connectivity index (χ2n) is 5.64. The predicted octanol–water partition coefficient (Wildman–Crippen LogP) is 5.07. The number of benzene rings is 3. The van der Waals surface area contributed by atoms with Crippen LogP contribution in [0, 0.1) is 13.8 Å². The molecule has 3 aromatic carbocycles. The Balaban J connectivity index is 2.24. The molecule has 0 aliphatic rings. The molecule has 0 unspecified atom stereocenters. The van der Waals surface area contributed by atoms with E-state index in [9.17, 15) is 0 Å². The van der Waals surface area contributed by atoms with Crippen LogP contribution in [0.5, 0.6) is 0 Å². The Bertz CT molecular complexity index is 949. The Hall–Kier alpha value is -2.74. The molecular weight excluding hydrogens is 268 g/mol. The van der Waals surface area contributed by atoms with E-state index in [1.165, 1.54) is 27.1 Å². The van der Waals surface area contributed by atoms with Gasteiger partial charge >= 0.3 is 0 Å². The molecule has 1 heterocycles. The first-order chi connectivity index (χ1) is 10.7. The first-order valence-electron chi connectivity index (χ1n) is 7.45. The average molecular weight is 284 g/mol. The Morgan fingerprint density at radius 1 is 0.773 bits per heavy atom. The standard InChI is InChI=1S/C20H16N2/c1-13-12-21-14(2)20(22-13)19-17-9-5-3-7-15(17)11-16-8-4-6-10-18(16)19/h3-12H,1-2H3. The van der Waals surface area contributed by atoms with E-state index in [-0.39, 0.29) is 0 Å². The Morgan fingerprint density at radius 2 is 1.36 bits per heavy atom. The molecule has 0 N–H and O–H groups in total. The molecule has 22 heavy (non-hydrogen) atoms. The first-order valence-corrected chi connectivity index (χ1v) is 7.45. The van der Waals surface area contributed by atoms with Gasteiger partial charge in [0.2, 0.25) is 0 Å². The van der Waals surface area contributed by atoms with Crippen LogP contribution < -0.4 is 0 Å². The van der Waals surface area contributed by atoms with Crippen LogP contribution in [0.4, 0.5) is 0 Å². The van der Waals surface area contributed by atoms with Gasteiger partial charge in [-0.2, -0.15) is 0 Å². The number of nitrogens with zero attached hydrogens (tertiary/aromatic N) is 2. The van der Waals surface area contributed by atoms with Gasteiger partial charge in [0.25, 0.3) is 0 Å². The minimum Gasteiger partial charge on any atom is -0.257 e. The van der Waals surface area contributed by atoms with Gasteiger partial charge in [-0.05, 0) is 41.5 Å². The SMILES string of the molecule is Cc1cnc(C)c(-c2c3ccccc3cc3ccccc23)n1. The van der Waals surface area contributed by atoms with Gasteiger partial charge in [0, 0.05) is 11.8 Å². The highest BCUT2D eigenvalue weighted by Crippen LogP contribution is 2.36. The Kier molecular flexibility index (Phi) is 2.90. The van der Waals surface area contributed by atoms with Crippen LogP contribution >= 0.6 is 0 Å². The van der Waals surface area contributed by atoms with Crippen molar-refractivity contribution in [2.24, 2.45) is 0 Å². The van der Waals surface area contributed by atoms with Crippen molar-refractivity contribution >= 4 is 21.5 Å². The largest absolute Gasteiger partial charge is 0.257 e. The molecule has 0 spiro atoms. The molecule has 4 rings (SSSR count). The number of aryl methyl sites for hydroxylation is 2. The van der Waals surface area contributed by atoms with Crippen molar-refractivity contribution in [1.82, 2.24) is 9.97 Å². The molecule has 4 aromatic rings. The average Bonchev–Trinajstić information content (AvgIpc) is 2.55. The molecule has 106 valence electrons. The van der Waals surface area contributed by atoms with Gasteiger partial charge in [-0.25, -0.2) is 4.98 Å². The predicted molar refractivity (Wildman–Crippen MR) is 92.0 cm³/mol. The summed E-state index contributed by atoms with van der Waals surface area (Å²) in [6.45, 7) is 4.02. The number of rotatable bonds is 1. The highest BCUT2D eigenvalue weighted by Gasteiger charge is 2.13. The molecule has 0 saturated heterocycles. The van der Waals surface area contributed by atoms with E-state index in [0.29, 0.717) is 0 Å². The van der Waals surface area contributed by atoms with E-state index in [2.05, 4.69) is 59.6 Å². The summed E-state index contributed by atoms with van der Waals surface area (Å²) < 4.78 is 0.